The molecule has 6 rings (SSSR count). The van der Waals surface area contributed by atoms with E-state index in [-0.39, 0.29) is 17.3 Å². The molecule has 10 heteroatoms. The number of fused-ring (bicyclic) bond motifs is 1. The zero-order valence-corrected chi connectivity index (χ0v) is 23.3. The van der Waals surface area contributed by atoms with Crippen molar-refractivity contribution in [1.29, 1.82) is 0 Å². The summed E-state index contributed by atoms with van der Waals surface area (Å²) in [6, 6.07) is 23.9. The van der Waals surface area contributed by atoms with Crippen molar-refractivity contribution < 1.29 is 14.2 Å². The number of benzene rings is 3. The van der Waals surface area contributed by atoms with Gasteiger partial charge in [0.05, 0.1) is 18.5 Å². The first-order valence-corrected chi connectivity index (χ1v) is 13.5. The van der Waals surface area contributed by atoms with Crippen molar-refractivity contribution in [2.24, 2.45) is 0 Å². The Morgan fingerprint density at radius 2 is 1.77 bits per heavy atom. The molecule has 43 heavy (non-hydrogen) atoms. The summed E-state index contributed by atoms with van der Waals surface area (Å²) in [5, 5.41) is 14.6. The van der Waals surface area contributed by atoms with Gasteiger partial charge in [-0.2, -0.15) is 4.98 Å². The Balaban J connectivity index is 1.53. The zero-order chi connectivity index (χ0) is 30.1. The summed E-state index contributed by atoms with van der Waals surface area (Å²) < 4.78 is 21.2. The molecule has 0 aliphatic rings. The van der Waals surface area contributed by atoms with Gasteiger partial charge in [0.1, 0.15) is 17.4 Å². The number of phenols is 1. The van der Waals surface area contributed by atoms with Gasteiger partial charge < -0.3 is 20.9 Å². The Labute approximate surface area is 246 Å². The van der Waals surface area contributed by atoms with Crippen LogP contribution < -0.4 is 21.3 Å². The summed E-state index contributed by atoms with van der Waals surface area (Å²) in [5.41, 5.74) is 9.40. The highest BCUT2D eigenvalue weighted by Crippen LogP contribution is 2.34. The van der Waals surface area contributed by atoms with Crippen LogP contribution in [0.25, 0.3) is 38.7 Å². The number of ether oxygens (including phenoxy) is 1. The third kappa shape index (κ3) is 5.33. The van der Waals surface area contributed by atoms with Crippen LogP contribution in [-0.2, 0) is 0 Å². The smallest absolute Gasteiger partial charge is 0.263 e. The van der Waals surface area contributed by atoms with Crippen LogP contribution in [0.1, 0.15) is 18.7 Å². The standard InChI is InChI=1S/C33H27FN6O3/c1-19(38-31-27(18-37-33(35)39-31)22-13-23(34)17-25(41)14-22)28-15-21-7-6-10-26(20-11-12-36-29(16-20)43-2)30(21)32(42)40(28)24-8-4-3-5-9-24/h3-19,41H,1-2H3,(H3,35,37,38,39)/t19-/m0/s1. The topological polar surface area (TPSA) is 128 Å². The molecular formula is C33H27FN6O3. The fourth-order valence-electron chi connectivity index (χ4n) is 5.20. The minimum Gasteiger partial charge on any atom is -0.508 e. The lowest BCUT2D eigenvalue weighted by Crippen LogP contribution is -2.26. The Kier molecular flexibility index (Phi) is 7.17. The third-order valence-corrected chi connectivity index (χ3v) is 7.14. The monoisotopic (exact) mass is 574 g/mol. The molecule has 0 aliphatic carbocycles. The number of methoxy groups -OCH3 is 1. The molecule has 4 N–H and O–H groups in total. The van der Waals surface area contributed by atoms with Crippen LogP contribution in [0.15, 0.2) is 102 Å². The molecule has 0 unspecified atom stereocenters. The van der Waals surface area contributed by atoms with Crippen LogP contribution in [0.4, 0.5) is 16.2 Å². The van der Waals surface area contributed by atoms with Gasteiger partial charge in [-0.25, -0.2) is 14.4 Å². The van der Waals surface area contributed by atoms with E-state index in [2.05, 4.69) is 20.3 Å². The van der Waals surface area contributed by atoms with Gasteiger partial charge in [-0.3, -0.25) is 9.36 Å². The van der Waals surface area contributed by atoms with E-state index >= 15 is 0 Å². The largest absolute Gasteiger partial charge is 0.508 e. The number of nitrogens with one attached hydrogen (secondary N) is 1. The maximum Gasteiger partial charge on any atom is 0.263 e. The predicted octanol–water partition coefficient (Wildman–Crippen LogP) is 6.12. The number of anilines is 2. The van der Waals surface area contributed by atoms with E-state index in [1.54, 1.807) is 23.9 Å². The molecule has 0 saturated heterocycles. The van der Waals surface area contributed by atoms with E-state index in [9.17, 15) is 14.3 Å². The van der Waals surface area contributed by atoms with E-state index in [0.717, 1.165) is 22.6 Å². The van der Waals surface area contributed by atoms with Gasteiger partial charge in [0, 0.05) is 41.5 Å². The molecule has 3 aromatic heterocycles. The second-order valence-electron chi connectivity index (χ2n) is 9.96. The van der Waals surface area contributed by atoms with Gasteiger partial charge >= 0.3 is 0 Å². The fraction of sp³-hybridized carbons (Fsp3) is 0.0909. The highest BCUT2D eigenvalue weighted by molar-refractivity contribution is 5.96. The summed E-state index contributed by atoms with van der Waals surface area (Å²) in [6.45, 7) is 1.89. The number of halogens is 1. The number of hydrogen-bond acceptors (Lipinski definition) is 8. The number of nitrogens with two attached hydrogens (primary N) is 1. The second-order valence-corrected chi connectivity index (χ2v) is 9.96. The SMILES string of the molecule is COc1cc(-c2cccc3cc([C@H](C)Nc4nc(N)ncc4-c4cc(O)cc(F)c4)n(-c4ccccc4)c(=O)c23)ccn1. The van der Waals surface area contributed by atoms with Gasteiger partial charge in [-0.1, -0.05) is 36.4 Å². The summed E-state index contributed by atoms with van der Waals surface area (Å²) in [4.78, 5) is 27.1. The Morgan fingerprint density at radius 1 is 0.953 bits per heavy atom. The van der Waals surface area contributed by atoms with Crippen LogP contribution in [0, 0.1) is 5.82 Å². The molecule has 0 spiro atoms. The molecule has 0 saturated carbocycles. The number of aromatic nitrogens is 4. The van der Waals surface area contributed by atoms with Crippen LogP contribution in [0.5, 0.6) is 11.6 Å². The first-order valence-electron chi connectivity index (χ1n) is 13.5. The molecule has 0 radical (unpaired) electrons. The van der Waals surface area contributed by atoms with Crippen molar-refractivity contribution in [1.82, 2.24) is 19.5 Å². The highest BCUT2D eigenvalue weighted by atomic mass is 19.1. The average Bonchev–Trinajstić information content (AvgIpc) is 3.00. The maximum absolute atomic E-state index is 14.4. The highest BCUT2D eigenvalue weighted by Gasteiger charge is 2.21. The first kappa shape index (κ1) is 27.4. The minimum atomic E-state index is -0.610. The molecule has 6 aromatic rings. The lowest BCUT2D eigenvalue weighted by atomic mass is 9.98. The van der Waals surface area contributed by atoms with E-state index in [1.165, 1.54) is 18.3 Å². The summed E-state index contributed by atoms with van der Waals surface area (Å²) >= 11 is 0. The van der Waals surface area contributed by atoms with E-state index in [4.69, 9.17) is 10.5 Å². The fourth-order valence-corrected chi connectivity index (χ4v) is 5.20. The van der Waals surface area contributed by atoms with Crippen molar-refractivity contribution in [2.45, 2.75) is 13.0 Å². The van der Waals surface area contributed by atoms with Gasteiger partial charge in [0.15, 0.2) is 0 Å². The lowest BCUT2D eigenvalue weighted by molar-refractivity contribution is 0.398. The molecule has 0 aliphatic heterocycles. The van der Waals surface area contributed by atoms with E-state index in [0.29, 0.717) is 39.6 Å². The summed E-state index contributed by atoms with van der Waals surface area (Å²) in [7, 11) is 1.55. The van der Waals surface area contributed by atoms with Crippen LogP contribution in [0.3, 0.4) is 0 Å². The van der Waals surface area contributed by atoms with Crippen LogP contribution in [0.2, 0.25) is 0 Å². The number of rotatable bonds is 7. The number of pyridine rings is 2. The zero-order valence-electron chi connectivity index (χ0n) is 23.3. The van der Waals surface area contributed by atoms with Crippen molar-refractivity contribution in [3.63, 3.8) is 0 Å². The minimum absolute atomic E-state index is 0.00968. The molecular weight excluding hydrogens is 547 g/mol. The third-order valence-electron chi connectivity index (χ3n) is 7.14. The number of nitrogens with zero attached hydrogens (tertiary/aromatic N) is 4. The van der Waals surface area contributed by atoms with Gasteiger partial charge in [-0.15, -0.1) is 0 Å². The number of hydrogen-bond donors (Lipinski definition) is 3. The quantitative estimate of drug-likeness (QED) is 0.208. The second kappa shape index (κ2) is 11.2. The van der Waals surface area contributed by atoms with Crippen molar-refractivity contribution in [3.05, 3.63) is 119 Å². The normalized spacial score (nSPS) is 11.8. The molecule has 0 fully saturated rings. The van der Waals surface area contributed by atoms with Gasteiger partial charge in [0.25, 0.3) is 5.56 Å². The van der Waals surface area contributed by atoms with Gasteiger partial charge in [0.2, 0.25) is 11.8 Å². The Morgan fingerprint density at radius 3 is 2.53 bits per heavy atom. The number of aromatic hydroxyl groups is 1. The molecule has 0 bridgehead atoms. The van der Waals surface area contributed by atoms with E-state index < -0.39 is 11.9 Å². The Bertz CT molecular complexity index is 2010. The van der Waals surface area contributed by atoms with Crippen molar-refractivity contribution in [2.75, 3.05) is 18.2 Å². The van der Waals surface area contributed by atoms with E-state index in [1.807, 2.05) is 67.6 Å². The number of para-hydroxylation sites is 1. The molecule has 3 heterocycles. The molecule has 9 nitrogen and oxygen atoms in total. The van der Waals surface area contributed by atoms with Crippen LogP contribution >= 0.6 is 0 Å². The molecule has 214 valence electrons. The predicted molar refractivity (Wildman–Crippen MR) is 165 cm³/mol. The molecule has 0 amide bonds. The summed E-state index contributed by atoms with van der Waals surface area (Å²) in [6.07, 6.45) is 3.11. The molecule has 1 atom stereocenters. The average molecular weight is 575 g/mol. The van der Waals surface area contributed by atoms with Crippen molar-refractivity contribution >= 4 is 22.5 Å². The van der Waals surface area contributed by atoms with Crippen molar-refractivity contribution in [3.8, 4) is 39.6 Å². The molecule has 3 aromatic carbocycles. The maximum atomic E-state index is 14.4. The Hall–Kier alpha value is -5.77. The first-order chi connectivity index (χ1) is 20.8. The van der Waals surface area contributed by atoms with Gasteiger partial charge in [-0.05, 0) is 65.4 Å². The number of phenolic OH excluding ortho intramolecular Hbond substituents is 1. The van der Waals surface area contributed by atoms with Crippen LogP contribution in [-0.4, -0.2) is 31.7 Å². The summed E-state index contributed by atoms with van der Waals surface area (Å²) in [5.74, 6) is -0.0779. The lowest BCUT2D eigenvalue weighted by Gasteiger charge is -2.23. The number of nitrogen functional groups attached to an aromatic ring is 1.